The SMILES string of the molecule is CCOC(=O)C1[CH]OCCN1. The molecule has 1 atom stereocenters. The third kappa shape index (κ3) is 2.48. The van der Waals surface area contributed by atoms with Crippen molar-refractivity contribution in [1.82, 2.24) is 5.32 Å². The number of esters is 1. The molecule has 0 saturated carbocycles. The Bertz CT molecular complexity index is 132. The number of ether oxygens (including phenoxy) is 2. The standard InChI is InChI=1S/C7H12NO3/c1-2-11-7(9)6-5-10-4-3-8-6/h5-6,8H,2-4H2,1H3. The largest absolute Gasteiger partial charge is 0.465 e. The molecule has 1 saturated heterocycles. The average molecular weight is 158 g/mol. The zero-order valence-electron chi connectivity index (χ0n) is 6.50. The fourth-order valence-electron chi connectivity index (χ4n) is 0.857. The average Bonchev–Trinajstić information content (AvgIpc) is 2.07. The molecule has 1 N–H and O–H groups in total. The molecule has 0 spiro atoms. The molecule has 1 fully saturated rings. The van der Waals surface area contributed by atoms with Crippen LogP contribution in [0.25, 0.3) is 0 Å². The van der Waals surface area contributed by atoms with Crippen LogP contribution in [0.4, 0.5) is 0 Å². The van der Waals surface area contributed by atoms with E-state index in [0.717, 1.165) is 0 Å². The number of morpholine rings is 1. The first-order valence-electron chi connectivity index (χ1n) is 3.69. The van der Waals surface area contributed by atoms with E-state index in [-0.39, 0.29) is 12.0 Å². The Hall–Kier alpha value is -0.610. The van der Waals surface area contributed by atoms with Crippen LogP contribution in [0.15, 0.2) is 0 Å². The Morgan fingerprint density at radius 3 is 3.27 bits per heavy atom. The van der Waals surface area contributed by atoms with E-state index in [9.17, 15) is 4.79 Å². The van der Waals surface area contributed by atoms with Crippen LogP contribution >= 0.6 is 0 Å². The van der Waals surface area contributed by atoms with Crippen molar-refractivity contribution in [3.8, 4) is 0 Å². The fraction of sp³-hybridized carbons (Fsp3) is 0.714. The molecule has 1 aliphatic heterocycles. The fourth-order valence-corrected chi connectivity index (χ4v) is 0.857. The first-order valence-corrected chi connectivity index (χ1v) is 3.69. The number of nitrogens with one attached hydrogen (secondary N) is 1. The van der Waals surface area contributed by atoms with Gasteiger partial charge in [-0.1, -0.05) is 0 Å². The van der Waals surface area contributed by atoms with Gasteiger partial charge >= 0.3 is 5.97 Å². The van der Waals surface area contributed by atoms with Gasteiger partial charge in [0.15, 0.2) is 0 Å². The van der Waals surface area contributed by atoms with Gasteiger partial charge in [0.25, 0.3) is 0 Å². The summed E-state index contributed by atoms with van der Waals surface area (Å²) < 4.78 is 9.73. The highest BCUT2D eigenvalue weighted by Crippen LogP contribution is 1.99. The molecular formula is C7H12NO3. The van der Waals surface area contributed by atoms with Crippen molar-refractivity contribution < 1.29 is 14.3 Å². The summed E-state index contributed by atoms with van der Waals surface area (Å²) in [5.74, 6) is -0.271. The monoisotopic (exact) mass is 158 g/mol. The van der Waals surface area contributed by atoms with Crippen LogP contribution in [-0.4, -0.2) is 31.8 Å². The number of hydrogen-bond donors (Lipinski definition) is 1. The maximum atomic E-state index is 11.0. The lowest BCUT2D eigenvalue weighted by Gasteiger charge is -2.20. The Kier molecular flexibility index (Phi) is 3.32. The second kappa shape index (κ2) is 4.31. The van der Waals surface area contributed by atoms with Gasteiger partial charge < -0.3 is 9.47 Å². The van der Waals surface area contributed by atoms with Crippen molar-refractivity contribution in [2.45, 2.75) is 13.0 Å². The molecule has 1 heterocycles. The molecule has 1 radical (unpaired) electrons. The quantitative estimate of drug-likeness (QED) is 0.560. The summed E-state index contributed by atoms with van der Waals surface area (Å²) in [6.45, 7) is 4.98. The number of carbonyl (C=O) groups is 1. The van der Waals surface area contributed by atoms with Crippen LogP contribution in [0.2, 0.25) is 0 Å². The molecule has 4 nitrogen and oxygen atoms in total. The summed E-state index contributed by atoms with van der Waals surface area (Å²) in [5.41, 5.74) is 0. The molecule has 0 aromatic rings. The first kappa shape index (κ1) is 8.49. The van der Waals surface area contributed by atoms with Gasteiger partial charge in [-0.25, -0.2) is 0 Å². The van der Waals surface area contributed by atoms with Gasteiger partial charge in [0.2, 0.25) is 0 Å². The summed E-state index contributed by atoms with van der Waals surface area (Å²) in [6.07, 6.45) is 0. The maximum absolute atomic E-state index is 11.0. The molecule has 11 heavy (non-hydrogen) atoms. The highest BCUT2D eigenvalue weighted by atomic mass is 16.5. The van der Waals surface area contributed by atoms with Crippen LogP contribution in [-0.2, 0) is 14.3 Å². The Balaban J connectivity index is 2.27. The normalized spacial score (nSPS) is 24.6. The van der Waals surface area contributed by atoms with E-state index in [1.807, 2.05) is 0 Å². The molecule has 1 unspecified atom stereocenters. The van der Waals surface area contributed by atoms with Gasteiger partial charge in [-0.15, -0.1) is 0 Å². The van der Waals surface area contributed by atoms with Crippen LogP contribution in [0, 0.1) is 6.61 Å². The summed E-state index contributed by atoms with van der Waals surface area (Å²) in [5, 5.41) is 2.95. The van der Waals surface area contributed by atoms with Crippen molar-refractivity contribution >= 4 is 5.97 Å². The first-order chi connectivity index (χ1) is 5.34. The van der Waals surface area contributed by atoms with E-state index >= 15 is 0 Å². The molecule has 63 valence electrons. The van der Waals surface area contributed by atoms with E-state index in [0.29, 0.717) is 19.8 Å². The van der Waals surface area contributed by atoms with Crippen molar-refractivity contribution in [1.29, 1.82) is 0 Å². The van der Waals surface area contributed by atoms with Crippen LogP contribution in [0.3, 0.4) is 0 Å². The maximum Gasteiger partial charge on any atom is 0.325 e. The van der Waals surface area contributed by atoms with Crippen molar-refractivity contribution in [2.75, 3.05) is 19.8 Å². The molecule has 0 aliphatic carbocycles. The predicted octanol–water partition coefficient (Wildman–Crippen LogP) is -0.300. The van der Waals surface area contributed by atoms with Crippen LogP contribution in [0.5, 0.6) is 0 Å². The van der Waals surface area contributed by atoms with Crippen molar-refractivity contribution in [3.63, 3.8) is 0 Å². The molecular weight excluding hydrogens is 146 g/mol. The van der Waals surface area contributed by atoms with Crippen molar-refractivity contribution in [3.05, 3.63) is 6.61 Å². The number of hydrogen-bond acceptors (Lipinski definition) is 4. The molecule has 0 bridgehead atoms. The highest BCUT2D eigenvalue weighted by molar-refractivity contribution is 5.77. The summed E-state index contributed by atoms with van der Waals surface area (Å²) in [7, 11) is 0. The van der Waals surface area contributed by atoms with Gasteiger partial charge in [-0.05, 0) is 6.92 Å². The summed E-state index contributed by atoms with van der Waals surface area (Å²) in [6, 6.07) is -0.385. The van der Waals surface area contributed by atoms with Gasteiger partial charge in [0, 0.05) is 6.54 Å². The molecule has 0 aromatic carbocycles. The van der Waals surface area contributed by atoms with E-state index in [4.69, 9.17) is 9.47 Å². The molecule has 0 aromatic heterocycles. The van der Waals surface area contributed by atoms with Gasteiger partial charge in [-0.2, -0.15) is 0 Å². The van der Waals surface area contributed by atoms with Gasteiger partial charge in [-0.3, -0.25) is 10.1 Å². The van der Waals surface area contributed by atoms with E-state index in [2.05, 4.69) is 5.32 Å². The predicted molar refractivity (Wildman–Crippen MR) is 38.7 cm³/mol. The molecule has 4 heteroatoms. The zero-order valence-corrected chi connectivity index (χ0v) is 6.50. The number of rotatable bonds is 2. The van der Waals surface area contributed by atoms with Crippen LogP contribution in [0.1, 0.15) is 6.92 Å². The Morgan fingerprint density at radius 1 is 1.91 bits per heavy atom. The van der Waals surface area contributed by atoms with Gasteiger partial charge in [0.1, 0.15) is 12.6 Å². The molecule has 1 aliphatic rings. The second-order valence-corrected chi connectivity index (χ2v) is 2.19. The second-order valence-electron chi connectivity index (χ2n) is 2.19. The summed E-state index contributed by atoms with van der Waals surface area (Å²) >= 11 is 0. The van der Waals surface area contributed by atoms with Crippen LogP contribution < -0.4 is 5.32 Å². The minimum atomic E-state index is -0.385. The third-order valence-electron chi connectivity index (χ3n) is 1.36. The smallest absolute Gasteiger partial charge is 0.325 e. The van der Waals surface area contributed by atoms with Crippen molar-refractivity contribution in [2.24, 2.45) is 0 Å². The zero-order chi connectivity index (χ0) is 8.10. The van der Waals surface area contributed by atoms with E-state index < -0.39 is 0 Å². The lowest BCUT2D eigenvalue weighted by Crippen LogP contribution is -2.44. The van der Waals surface area contributed by atoms with Gasteiger partial charge in [0.05, 0.1) is 13.2 Å². The minimum Gasteiger partial charge on any atom is -0.465 e. The van der Waals surface area contributed by atoms with E-state index in [1.165, 1.54) is 6.61 Å². The third-order valence-corrected chi connectivity index (χ3v) is 1.36. The number of carbonyl (C=O) groups excluding carboxylic acids is 1. The highest BCUT2D eigenvalue weighted by Gasteiger charge is 2.22. The van der Waals surface area contributed by atoms with E-state index in [1.54, 1.807) is 6.92 Å². The lowest BCUT2D eigenvalue weighted by atomic mass is 10.3. The Labute approximate surface area is 65.9 Å². The lowest BCUT2D eigenvalue weighted by molar-refractivity contribution is -0.146. The summed E-state index contributed by atoms with van der Waals surface area (Å²) in [4.78, 5) is 11.0. The Morgan fingerprint density at radius 2 is 2.73 bits per heavy atom. The minimum absolute atomic E-state index is 0.271. The molecule has 0 amide bonds. The molecule has 1 rings (SSSR count). The topological polar surface area (TPSA) is 47.6 Å².